The van der Waals surface area contributed by atoms with Gasteiger partial charge in [0.2, 0.25) is 35.4 Å². The van der Waals surface area contributed by atoms with Crippen molar-refractivity contribution in [3.05, 3.63) is 29.8 Å². The number of esters is 2. The minimum absolute atomic E-state index is 0.0620. The molecule has 0 aromatic heterocycles. The lowest BCUT2D eigenvalue weighted by Gasteiger charge is -2.36. The summed E-state index contributed by atoms with van der Waals surface area (Å²) >= 11 is 0. The summed E-state index contributed by atoms with van der Waals surface area (Å²) in [5.41, 5.74) is 0.462. The van der Waals surface area contributed by atoms with Crippen molar-refractivity contribution < 1.29 is 72.7 Å². The zero-order chi connectivity index (χ0) is 57.7. The highest BCUT2D eigenvalue weighted by atomic mass is 16.6. The second kappa shape index (κ2) is 28.5. The van der Waals surface area contributed by atoms with Gasteiger partial charge in [0, 0.05) is 26.6 Å². The maximum Gasteiger partial charge on any atom is 0.329 e. The zero-order valence-electron chi connectivity index (χ0n) is 46.9. The van der Waals surface area contributed by atoms with Crippen molar-refractivity contribution in [3.63, 3.8) is 0 Å². The molecule has 430 valence electrons. The van der Waals surface area contributed by atoms with Crippen LogP contribution in [-0.4, -0.2) is 176 Å². The van der Waals surface area contributed by atoms with E-state index in [-0.39, 0.29) is 62.8 Å². The average molecular weight is 1080 g/mol. The normalized spacial score (nSPS) is 28.0. The predicted octanol–water partition coefficient (Wildman–Crippen LogP) is 1.67. The topological polar surface area (TPSA) is 308 Å². The van der Waals surface area contributed by atoms with Crippen LogP contribution in [0.1, 0.15) is 133 Å². The van der Waals surface area contributed by atoms with Gasteiger partial charge in [0.05, 0.1) is 24.5 Å². The smallest absolute Gasteiger partial charge is 0.329 e. The molecule has 0 aliphatic carbocycles. The molecule has 13 atom stereocenters. The van der Waals surface area contributed by atoms with Crippen molar-refractivity contribution in [2.45, 2.75) is 201 Å². The number of aliphatic hydroxyl groups excluding tert-OH is 2. The number of ether oxygens (including phenoxy) is 2. The van der Waals surface area contributed by atoms with Gasteiger partial charge in [-0.3, -0.25) is 43.2 Å². The Morgan fingerprint density at radius 2 is 1.44 bits per heavy atom. The molecule has 0 spiro atoms. The fourth-order valence-corrected chi connectivity index (χ4v) is 10.1. The van der Waals surface area contributed by atoms with E-state index in [0.717, 1.165) is 0 Å². The summed E-state index contributed by atoms with van der Waals surface area (Å²) in [6.07, 6.45) is -5.22. The number of carbonyl (C=O) groups excluding carboxylic acids is 10. The lowest BCUT2D eigenvalue weighted by atomic mass is 9.91. The van der Waals surface area contributed by atoms with Crippen molar-refractivity contribution in [2.75, 3.05) is 20.1 Å². The monoisotopic (exact) mass is 1080 g/mol. The van der Waals surface area contributed by atoms with Crippen molar-refractivity contribution in [1.29, 1.82) is 0 Å². The van der Waals surface area contributed by atoms with Gasteiger partial charge in [-0.25, -0.2) is 4.79 Å². The Hall–Kier alpha value is -6.16. The Kier molecular flexibility index (Phi) is 23.4. The Labute approximate surface area is 452 Å². The third-order valence-electron chi connectivity index (χ3n) is 14.8. The van der Waals surface area contributed by atoms with E-state index in [4.69, 9.17) is 9.47 Å². The minimum Gasteiger partial charge on any atom is -0.508 e. The number of ketones is 1. The number of benzene rings is 1. The molecule has 3 saturated heterocycles. The largest absolute Gasteiger partial charge is 0.508 e. The maximum absolute atomic E-state index is 14.9. The predicted molar refractivity (Wildman–Crippen MR) is 281 cm³/mol. The molecule has 3 heterocycles. The van der Waals surface area contributed by atoms with Crippen LogP contribution in [0.3, 0.4) is 0 Å². The van der Waals surface area contributed by atoms with E-state index in [1.807, 2.05) is 27.7 Å². The molecular formula is C55H85N7O15. The van der Waals surface area contributed by atoms with Crippen LogP contribution < -0.4 is 21.3 Å². The lowest BCUT2D eigenvalue weighted by molar-refractivity contribution is -0.162. The molecular weight excluding hydrogens is 999 g/mol. The number of rotatable bonds is 14. The van der Waals surface area contributed by atoms with Gasteiger partial charge in [-0.15, -0.1) is 0 Å². The van der Waals surface area contributed by atoms with Gasteiger partial charge in [0.15, 0.2) is 11.9 Å². The summed E-state index contributed by atoms with van der Waals surface area (Å²) in [5, 5.41) is 42.9. The number of aliphatic hydroxyl groups is 2. The molecule has 3 aliphatic rings. The fourth-order valence-electron chi connectivity index (χ4n) is 10.1. The molecule has 7 N–H and O–H groups in total. The maximum atomic E-state index is 14.9. The Morgan fingerprint density at radius 3 is 2.03 bits per heavy atom. The highest BCUT2D eigenvalue weighted by Crippen LogP contribution is 2.26. The first-order valence-corrected chi connectivity index (χ1v) is 27.2. The first kappa shape index (κ1) is 63.4. The van der Waals surface area contributed by atoms with Gasteiger partial charge in [0.25, 0.3) is 5.91 Å². The van der Waals surface area contributed by atoms with Crippen LogP contribution >= 0.6 is 0 Å². The number of likely N-dealkylation sites (tertiary alicyclic amines) is 1. The number of Topliss-reactive ketones (excluding diaryl/α,β-unsaturated/α-hetero) is 1. The van der Waals surface area contributed by atoms with E-state index < -0.39 is 150 Å². The molecule has 22 nitrogen and oxygen atoms in total. The Morgan fingerprint density at radius 1 is 0.818 bits per heavy atom. The molecule has 4 rings (SSSR count). The summed E-state index contributed by atoms with van der Waals surface area (Å²) in [7, 11) is 1.39. The number of hydrogen-bond donors (Lipinski definition) is 7. The van der Waals surface area contributed by atoms with E-state index in [9.17, 15) is 63.3 Å². The molecule has 77 heavy (non-hydrogen) atoms. The lowest BCUT2D eigenvalue weighted by Crippen LogP contribution is -2.62. The number of nitrogens with zero attached hydrogens (tertiary/aromatic N) is 3. The standard InChI is InChI=1S/C55H85N7O15/c1-13-31(8)44-42(65)27-43(66)77-47(30(6)7)46(67)32(9)48(68)56-37(24-28(2)3)53(73)61-22-14-16-39(61)49(69)57-38(26-35-18-20-36(64)21-19-35)55(75)76-34(11)45(51(71)58-44)59-50(70)41(25-29(4)5)60(12)54(74)40-17-15-23-62(40)52(72)33(10)63/h18-21,28-34,37-42,44-45,47,63-65H,13-17,22-27H2,1-12H3,(H,56,68)(H,57,69)(H,58,71)(H,59,70)/t31-,32-,33-,34-,37+,38-,39-,40-,41+,42+,44-,45-,47+/m0/s1. The molecule has 3 aliphatic heterocycles. The number of nitrogens with one attached hydrogen (secondary N) is 4. The quantitative estimate of drug-likeness (QED) is 0.103. The summed E-state index contributed by atoms with van der Waals surface area (Å²) < 4.78 is 11.7. The van der Waals surface area contributed by atoms with Gasteiger partial charge in [-0.05, 0) is 101 Å². The van der Waals surface area contributed by atoms with Crippen LogP contribution in [0.5, 0.6) is 5.75 Å². The SMILES string of the molecule is CC[C@H](C)[C@@H]1NC(=O)[C@@H](NC(=O)[C@@H](CC(C)C)N(C)C(=O)[C@@H]2CCCN2C(=O)[C@H](C)O)[C@H](C)OC(=O)[C@H](Cc2ccc(O)cc2)NC(=O)[C@@H]2CCCN2C(=O)[C@@H](CC(C)C)NC(=O)[C@@H](C)C(=O)[C@@H](C(C)C)OC(=O)C[C@H]1O. The van der Waals surface area contributed by atoms with Crippen LogP contribution in [0.2, 0.25) is 0 Å². The number of likely N-dealkylation sites (N-methyl/N-ethyl adjacent to an activating group) is 1. The highest BCUT2D eigenvalue weighted by Gasteiger charge is 2.45. The number of phenols is 1. The number of carbonyl (C=O) groups is 10. The van der Waals surface area contributed by atoms with Gasteiger partial charge >= 0.3 is 11.9 Å². The number of fused-ring (bicyclic) bond motifs is 1. The molecule has 1 aromatic rings. The summed E-state index contributed by atoms with van der Waals surface area (Å²) in [5.74, 6) is -11.2. The average Bonchev–Trinajstić information content (AvgIpc) is 4.07. The van der Waals surface area contributed by atoms with E-state index in [1.165, 1.54) is 66.8 Å². The molecule has 3 fully saturated rings. The van der Waals surface area contributed by atoms with Gasteiger partial charge < -0.3 is 60.8 Å². The van der Waals surface area contributed by atoms with Crippen LogP contribution in [0.15, 0.2) is 24.3 Å². The molecule has 1 aromatic carbocycles. The number of aromatic hydroxyl groups is 1. The van der Waals surface area contributed by atoms with Crippen molar-refractivity contribution in [3.8, 4) is 5.75 Å². The molecule has 0 saturated carbocycles. The molecule has 7 amide bonds. The van der Waals surface area contributed by atoms with Crippen LogP contribution in [-0.2, 0) is 63.8 Å². The zero-order valence-corrected chi connectivity index (χ0v) is 46.9. The van der Waals surface area contributed by atoms with Crippen molar-refractivity contribution >= 4 is 59.1 Å². The van der Waals surface area contributed by atoms with Gasteiger partial charge in [-0.2, -0.15) is 0 Å². The van der Waals surface area contributed by atoms with Crippen molar-refractivity contribution in [2.24, 2.45) is 29.6 Å². The Balaban J connectivity index is 1.85. The van der Waals surface area contributed by atoms with Gasteiger partial charge in [0.1, 0.15) is 54.2 Å². The van der Waals surface area contributed by atoms with Crippen LogP contribution in [0, 0.1) is 29.6 Å². The number of hydrogen-bond acceptors (Lipinski definition) is 15. The second-order valence-electron chi connectivity index (χ2n) is 22.4. The number of phenolic OH excluding ortho intramolecular Hbond substituents is 1. The third-order valence-corrected chi connectivity index (χ3v) is 14.8. The third kappa shape index (κ3) is 16.9. The van der Waals surface area contributed by atoms with Crippen molar-refractivity contribution in [1.82, 2.24) is 36.0 Å². The van der Waals surface area contributed by atoms with Crippen LogP contribution in [0.25, 0.3) is 0 Å². The second-order valence-corrected chi connectivity index (χ2v) is 22.4. The number of amides is 7. The van der Waals surface area contributed by atoms with E-state index >= 15 is 0 Å². The molecule has 0 radical (unpaired) electrons. The van der Waals surface area contributed by atoms with Gasteiger partial charge in [-0.1, -0.05) is 73.9 Å². The molecule has 0 bridgehead atoms. The van der Waals surface area contributed by atoms with Crippen LogP contribution in [0.4, 0.5) is 0 Å². The summed E-state index contributed by atoms with van der Waals surface area (Å²) in [4.78, 5) is 146. The molecule has 0 unspecified atom stereocenters. The summed E-state index contributed by atoms with van der Waals surface area (Å²) in [6.45, 7) is 18.2. The minimum atomic E-state index is -1.78. The van der Waals surface area contributed by atoms with E-state index in [0.29, 0.717) is 24.8 Å². The van der Waals surface area contributed by atoms with E-state index in [1.54, 1.807) is 27.7 Å². The Bertz CT molecular complexity index is 2270. The number of cyclic esters (lactones) is 2. The highest BCUT2D eigenvalue weighted by molar-refractivity contribution is 6.05. The summed E-state index contributed by atoms with van der Waals surface area (Å²) in [6, 6.07) is -3.30. The van der Waals surface area contributed by atoms with E-state index in [2.05, 4.69) is 21.3 Å². The first-order chi connectivity index (χ1) is 36.1. The fraction of sp³-hybridized carbons (Fsp3) is 0.709. The molecule has 22 heteroatoms. The first-order valence-electron chi connectivity index (χ1n) is 27.2.